The molecule has 146 valence electrons. The maximum absolute atomic E-state index is 13.1. The molecule has 1 aliphatic rings. The fraction of sp³-hybridized carbons (Fsp3) is 0.409. The molecule has 0 bridgehead atoms. The zero-order valence-electron chi connectivity index (χ0n) is 16.6. The number of fused-ring (bicyclic) bond motifs is 1. The Kier molecular flexibility index (Phi) is 4.79. The summed E-state index contributed by atoms with van der Waals surface area (Å²) in [6.07, 6.45) is 6.46. The summed E-state index contributed by atoms with van der Waals surface area (Å²) in [5.41, 5.74) is 4.64. The largest absolute Gasteiger partial charge is 0.348 e. The molecule has 0 aliphatic heterocycles. The van der Waals surface area contributed by atoms with Crippen molar-refractivity contribution in [2.75, 3.05) is 0 Å². The summed E-state index contributed by atoms with van der Waals surface area (Å²) in [5.74, 6) is -0.161. The van der Waals surface area contributed by atoms with Crippen molar-refractivity contribution in [2.24, 2.45) is 0 Å². The third-order valence-corrected chi connectivity index (χ3v) is 5.84. The van der Waals surface area contributed by atoms with E-state index in [0.29, 0.717) is 17.2 Å². The van der Waals surface area contributed by atoms with Gasteiger partial charge in [0.25, 0.3) is 11.5 Å². The van der Waals surface area contributed by atoms with E-state index in [-0.39, 0.29) is 18.0 Å². The van der Waals surface area contributed by atoms with Crippen LogP contribution in [0.4, 0.5) is 0 Å². The van der Waals surface area contributed by atoms with Crippen LogP contribution in [-0.4, -0.2) is 20.4 Å². The van der Waals surface area contributed by atoms with Gasteiger partial charge in [0.15, 0.2) is 0 Å². The lowest BCUT2D eigenvalue weighted by Crippen LogP contribution is -2.28. The molecule has 4 rings (SSSR count). The Labute approximate surface area is 164 Å². The van der Waals surface area contributed by atoms with E-state index in [1.54, 1.807) is 6.20 Å². The van der Waals surface area contributed by atoms with Crippen LogP contribution in [0.3, 0.4) is 0 Å². The van der Waals surface area contributed by atoms with Crippen molar-refractivity contribution in [1.29, 1.82) is 0 Å². The lowest BCUT2D eigenvalue weighted by atomic mass is 10.1. The number of aromatic nitrogens is 3. The van der Waals surface area contributed by atoms with Gasteiger partial charge in [-0.3, -0.25) is 9.59 Å². The van der Waals surface area contributed by atoms with Gasteiger partial charge in [0.1, 0.15) is 5.65 Å². The van der Waals surface area contributed by atoms with Gasteiger partial charge in [0.05, 0.1) is 5.56 Å². The Balaban J connectivity index is 1.68. The topological polar surface area (TPSA) is 79.8 Å². The van der Waals surface area contributed by atoms with E-state index >= 15 is 0 Å². The maximum Gasteiger partial charge on any atom is 0.254 e. The average Bonchev–Trinajstić information content (AvgIpc) is 3.25. The Hall–Kier alpha value is -2.89. The summed E-state index contributed by atoms with van der Waals surface area (Å²) >= 11 is 0. The molecule has 3 heterocycles. The minimum absolute atomic E-state index is 0.149. The third kappa shape index (κ3) is 3.13. The quantitative estimate of drug-likeness (QED) is 0.726. The van der Waals surface area contributed by atoms with Crippen molar-refractivity contribution in [3.05, 3.63) is 62.8 Å². The second-order valence-electron chi connectivity index (χ2n) is 7.77. The lowest BCUT2D eigenvalue weighted by Gasteiger charge is -2.15. The van der Waals surface area contributed by atoms with Gasteiger partial charge in [-0.25, -0.2) is 4.98 Å². The minimum atomic E-state index is -0.161. The molecule has 1 saturated carbocycles. The summed E-state index contributed by atoms with van der Waals surface area (Å²) in [4.78, 5) is 32.7. The maximum atomic E-state index is 13.1. The number of aromatic amines is 1. The Bertz CT molecular complexity index is 1100. The SMILES string of the molecule is Cc1cc(C)c(CNC(=O)c2c(C)n(C3CCCC3)c3ncccc23)c(=O)[nH]1. The molecule has 3 aromatic rings. The highest BCUT2D eigenvalue weighted by atomic mass is 16.2. The molecule has 28 heavy (non-hydrogen) atoms. The molecule has 3 aromatic heterocycles. The van der Waals surface area contributed by atoms with E-state index in [9.17, 15) is 9.59 Å². The van der Waals surface area contributed by atoms with Gasteiger partial charge in [-0.1, -0.05) is 12.8 Å². The number of nitrogens with one attached hydrogen (secondary N) is 2. The van der Waals surface area contributed by atoms with Gasteiger partial charge < -0.3 is 14.9 Å². The highest BCUT2D eigenvalue weighted by Gasteiger charge is 2.26. The molecule has 0 aromatic carbocycles. The smallest absolute Gasteiger partial charge is 0.254 e. The van der Waals surface area contributed by atoms with Crippen LogP contribution in [0.1, 0.15) is 64.6 Å². The second kappa shape index (κ2) is 7.26. The van der Waals surface area contributed by atoms with E-state index in [0.717, 1.165) is 40.8 Å². The standard InChI is InChI=1S/C22H26N4O2/c1-13-11-14(2)25-21(27)18(13)12-24-22(28)19-15(3)26(16-7-4-5-8-16)20-17(19)9-6-10-23-20/h6,9-11,16H,4-5,7-8,12H2,1-3H3,(H,24,28)(H,25,27). The van der Waals surface area contributed by atoms with Crippen LogP contribution in [0, 0.1) is 20.8 Å². The molecule has 1 fully saturated rings. The van der Waals surface area contributed by atoms with Gasteiger partial charge in [-0.2, -0.15) is 0 Å². The van der Waals surface area contributed by atoms with Crippen molar-refractivity contribution < 1.29 is 4.79 Å². The first-order valence-electron chi connectivity index (χ1n) is 9.90. The molecule has 2 N–H and O–H groups in total. The molecule has 6 heteroatoms. The van der Waals surface area contributed by atoms with Crippen molar-refractivity contribution in [1.82, 2.24) is 19.9 Å². The van der Waals surface area contributed by atoms with Crippen LogP contribution in [-0.2, 0) is 6.54 Å². The average molecular weight is 378 g/mol. The van der Waals surface area contributed by atoms with Crippen molar-refractivity contribution in [3.63, 3.8) is 0 Å². The van der Waals surface area contributed by atoms with E-state index in [1.165, 1.54) is 12.8 Å². The minimum Gasteiger partial charge on any atom is -0.348 e. The van der Waals surface area contributed by atoms with Crippen molar-refractivity contribution in [3.8, 4) is 0 Å². The van der Waals surface area contributed by atoms with Crippen molar-refractivity contribution in [2.45, 2.75) is 59.0 Å². The number of hydrogen-bond donors (Lipinski definition) is 2. The number of rotatable bonds is 4. The van der Waals surface area contributed by atoms with Gasteiger partial charge in [-0.15, -0.1) is 0 Å². The number of H-pyrrole nitrogens is 1. The van der Waals surface area contributed by atoms with Crippen LogP contribution in [0.5, 0.6) is 0 Å². The Morgan fingerprint density at radius 2 is 2.04 bits per heavy atom. The first-order chi connectivity index (χ1) is 13.5. The highest BCUT2D eigenvalue weighted by Crippen LogP contribution is 2.36. The summed E-state index contributed by atoms with van der Waals surface area (Å²) in [6.45, 7) is 5.95. The summed E-state index contributed by atoms with van der Waals surface area (Å²) in [6, 6.07) is 6.15. The molecule has 0 radical (unpaired) electrons. The summed E-state index contributed by atoms with van der Waals surface area (Å²) < 4.78 is 2.24. The highest BCUT2D eigenvalue weighted by molar-refractivity contribution is 6.07. The molecule has 0 saturated heterocycles. The van der Waals surface area contributed by atoms with Crippen LogP contribution in [0.15, 0.2) is 29.2 Å². The number of aryl methyl sites for hydroxylation is 2. The van der Waals surface area contributed by atoms with Crippen LogP contribution < -0.4 is 10.9 Å². The number of amides is 1. The van der Waals surface area contributed by atoms with Gasteiger partial charge in [0.2, 0.25) is 0 Å². The number of pyridine rings is 2. The third-order valence-electron chi connectivity index (χ3n) is 5.84. The number of nitrogens with zero attached hydrogens (tertiary/aromatic N) is 2. The molecular weight excluding hydrogens is 352 g/mol. The first kappa shape index (κ1) is 18.5. The van der Waals surface area contributed by atoms with E-state index in [4.69, 9.17) is 0 Å². The predicted molar refractivity (Wildman–Crippen MR) is 110 cm³/mol. The van der Waals surface area contributed by atoms with E-state index < -0.39 is 0 Å². The zero-order chi connectivity index (χ0) is 19.8. The normalized spacial score (nSPS) is 14.7. The van der Waals surface area contributed by atoms with Crippen LogP contribution in [0.25, 0.3) is 11.0 Å². The molecule has 6 nitrogen and oxygen atoms in total. The van der Waals surface area contributed by atoms with Crippen LogP contribution >= 0.6 is 0 Å². The van der Waals surface area contributed by atoms with Gasteiger partial charge >= 0.3 is 0 Å². The van der Waals surface area contributed by atoms with Crippen LogP contribution in [0.2, 0.25) is 0 Å². The van der Waals surface area contributed by atoms with Gasteiger partial charge in [0, 0.05) is 41.1 Å². The Morgan fingerprint density at radius 3 is 2.75 bits per heavy atom. The summed E-state index contributed by atoms with van der Waals surface area (Å²) in [7, 11) is 0. The first-order valence-corrected chi connectivity index (χ1v) is 9.90. The molecule has 0 spiro atoms. The molecule has 1 aliphatic carbocycles. The van der Waals surface area contributed by atoms with E-state index in [1.807, 2.05) is 39.0 Å². The lowest BCUT2D eigenvalue weighted by molar-refractivity contribution is 0.0951. The fourth-order valence-corrected chi connectivity index (χ4v) is 4.51. The molecule has 1 amide bonds. The molecule has 0 atom stereocenters. The number of carbonyl (C=O) groups is 1. The molecular formula is C22H26N4O2. The van der Waals surface area contributed by atoms with Crippen molar-refractivity contribution >= 4 is 16.9 Å². The zero-order valence-corrected chi connectivity index (χ0v) is 16.6. The number of carbonyl (C=O) groups excluding carboxylic acids is 1. The van der Waals surface area contributed by atoms with E-state index in [2.05, 4.69) is 19.9 Å². The fourth-order valence-electron chi connectivity index (χ4n) is 4.51. The number of hydrogen-bond acceptors (Lipinski definition) is 3. The Morgan fingerprint density at radius 1 is 1.29 bits per heavy atom. The molecule has 0 unspecified atom stereocenters. The monoisotopic (exact) mass is 378 g/mol. The summed E-state index contributed by atoms with van der Waals surface area (Å²) in [5, 5.41) is 3.83. The predicted octanol–water partition coefficient (Wildman–Crippen LogP) is 3.69. The van der Waals surface area contributed by atoms with Gasteiger partial charge in [-0.05, 0) is 57.4 Å². The second-order valence-corrected chi connectivity index (χ2v) is 7.77.